The summed E-state index contributed by atoms with van der Waals surface area (Å²) in [6, 6.07) is 7.11. The van der Waals surface area contributed by atoms with Crippen LogP contribution < -0.4 is 5.32 Å². The van der Waals surface area contributed by atoms with Crippen molar-refractivity contribution in [3.8, 4) is 0 Å². The fourth-order valence-corrected chi connectivity index (χ4v) is 4.51. The molecule has 2 aromatic carbocycles. The number of benzene rings is 2. The topological polar surface area (TPSA) is 51.1 Å². The Kier molecular flexibility index (Phi) is 4.86. The number of aromatic nitrogens is 1. The van der Waals surface area contributed by atoms with E-state index in [-0.39, 0.29) is 4.90 Å². The van der Waals surface area contributed by atoms with E-state index in [0.29, 0.717) is 6.07 Å². The number of hydrogen-bond donors (Lipinski definition) is 1. The summed E-state index contributed by atoms with van der Waals surface area (Å²) in [7, 11) is -0.238. The molecule has 3 aromatic rings. The Morgan fingerprint density at radius 1 is 1.04 bits per heavy atom. The lowest BCUT2D eigenvalue weighted by Gasteiger charge is -2.07. The summed E-state index contributed by atoms with van der Waals surface area (Å²) < 4.78 is 54.6. The van der Waals surface area contributed by atoms with Gasteiger partial charge in [0.05, 0.1) is 9.79 Å². The van der Waals surface area contributed by atoms with Crippen LogP contribution >= 0.6 is 0 Å². The zero-order valence-electron chi connectivity index (χ0n) is 14.8. The number of nitrogens with one attached hydrogen (secondary N) is 1. The van der Waals surface area contributed by atoms with Crippen molar-refractivity contribution in [2.75, 3.05) is 13.6 Å². The van der Waals surface area contributed by atoms with Gasteiger partial charge < -0.3 is 9.88 Å². The lowest BCUT2D eigenvalue weighted by molar-refractivity contribution is 0.567. The summed E-state index contributed by atoms with van der Waals surface area (Å²) in [5.41, 5.74) is 3.03. The minimum Gasteiger partial charge on any atom is -0.348 e. The standard InChI is InChI=1S/C19H20F2N2O2S/c1-12-17(6-7-22-2)18-11-15(4-5-19(18)23(12)3)26(24,25)16-9-13(20)8-14(21)10-16/h4-5,8-11,22H,6-7H2,1-3H3. The van der Waals surface area contributed by atoms with Crippen molar-refractivity contribution in [1.82, 2.24) is 9.88 Å². The minimum atomic E-state index is -4.02. The van der Waals surface area contributed by atoms with Crippen molar-refractivity contribution in [1.29, 1.82) is 0 Å². The molecule has 0 aliphatic carbocycles. The number of halogens is 2. The lowest BCUT2D eigenvalue weighted by atomic mass is 10.1. The molecule has 0 amide bonds. The van der Waals surface area contributed by atoms with E-state index in [2.05, 4.69) is 5.32 Å². The highest BCUT2D eigenvalue weighted by Crippen LogP contribution is 2.30. The van der Waals surface area contributed by atoms with Crippen molar-refractivity contribution >= 4 is 20.7 Å². The normalized spacial score (nSPS) is 12.0. The van der Waals surface area contributed by atoms with E-state index >= 15 is 0 Å². The molecular weight excluding hydrogens is 358 g/mol. The summed E-state index contributed by atoms with van der Waals surface area (Å²) in [6.45, 7) is 2.74. The molecule has 1 heterocycles. The third-order valence-electron chi connectivity index (χ3n) is 4.68. The van der Waals surface area contributed by atoms with Gasteiger partial charge in [-0.1, -0.05) is 0 Å². The monoisotopic (exact) mass is 378 g/mol. The van der Waals surface area contributed by atoms with Crippen LogP contribution in [0.15, 0.2) is 46.2 Å². The lowest BCUT2D eigenvalue weighted by Crippen LogP contribution is -2.11. The predicted molar refractivity (Wildman–Crippen MR) is 97.1 cm³/mol. The third-order valence-corrected chi connectivity index (χ3v) is 6.41. The predicted octanol–water partition coefficient (Wildman–Crippen LogP) is 3.36. The molecule has 4 nitrogen and oxygen atoms in total. The van der Waals surface area contributed by atoms with Crippen molar-refractivity contribution in [2.24, 2.45) is 7.05 Å². The molecule has 1 N–H and O–H groups in total. The van der Waals surface area contributed by atoms with Gasteiger partial charge in [-0.3, -0.25) is 0 Å². The van der Waals surface area contributed by atoms with Crippen LogP contribution in [-0.4, -0.2) is 26.6 Å². The van der Waals surface area contributed by atoms with Gasteiger partial charge in [-0.05, 0) is 62.8 Å². The molecule has 3 rings (SSSR count). The summed E-state index contributed by atoms with van der Waals surface area (Å²) in [5.74, 6) is -1.84. The zero-order chi connectivity index (χ0) is 19.1. The Morgan fingerprint density at radius 2 is 1.69 bits per heavy atom. The van der Waals surface area contributed by atoms with Gasteiger partial charge in [-0.15, -0.1) is 0 Å². The van der Waals surface area contributed by atoms with Crippen LogP contribution in [0.4, 0.5) is 8.78 Å². The quantitative estimate of drug-likeness (QED) is 0.741. The average Bonchev–Trinajstić information content (AvgIpc) is 2.83. The van der Waals surface area contributed by atoms with Crippen LogP contribution in [0, 0.1) is 18.6 Å². The van der Waals surface area contributed by atoms with Crippen molar-refractivity contribution in [3.05, 3.63) is 59.3 Å². The Bertz CT molecular complexity index is 1070. The fraction of sp³-hybridized carbons (Fsp3) is 0.263. The van der Waals surface area contributed by atoms with Crippen LogP contribution in [0.25, 0.3) is 10.9 Å². The van der Waals surface area contributed by atoms with Gasteiger partial charge in [0, 0.05) is 29.7 Å². The molecule has 7 heteroatoms. The smallest absolute Gasteiger partial charge is 0.206 e. The molecular formula is C19H20F2N2O2S. The molecule has 0 saturated heterocycles. The van der Waals surface area contributed by atoms with Gasteiger partial charge in [0.15, 0.2) is 0 Å². The van der Waals surface area contributed by atoms with E-state index < -0.39 is 26.4 Å². The van der Waals surface area contributed by atoms with E-state index in [9.17, 15) is 17.2 Å². The Hall–Kier alpha value is -2.25. The molecule has 0 radical (unpaired) electrons. The van der Waals surface area contributed by atoms with Gasteiger partial charge in [0.1, 0.15) is 11.6 Å². The Balaban J connectivity index is 2.19. The first-order valence-electron chi connectivity index (χ1n) is 8.19. The first-order chi connectivity index (χ1) is 12.3. The molecule has 0 bridgehead atoms. The molecule has 0 fully saturated rings. The van der Waals surface area contributed by atoms with Gasteiger partial charge in [0.25, 0.3) is 0 Å². The highest BCUT2D eigenvalue weighted by molar-refractivity contribution is 7.91. The summed E-state index contributed by atoms with van der Waals surface area (Å²) in [4.78, 5) is -0.370. The van der Waals surface area contributed by atoms with Crippen LogP contribution in [0.3, 0.4) is 0 Å². The molecule has 1 aromatic heterocycles. The van der Waals surface area contributed by atoms with Gasteiger partial charge in [-0.2, -0.15) is 0 Å². The third kappa shape index (κ3) is 3.12. The molecule has 138 valence electrons. The summed E-state index contributed by atoms with van der Waals surface area (Å²) >= 11 is 0. The number of rotatable bonds is 5. The minimum absolute atomic E-state index is 0.0197. The molecule has 0 aliphatic heterocycles. The SMILES string of the molecule is CNCCc1c(C)n(C)c2ccc(S(=O)(=O)c3cc(F)cc(F)c3)cc12. The first kappa shape index (κ1) is 18.5. The van der Waals surface area contributed by atoms with Crippen LogP contribution in [0.1, 0.15) is 11.3 Å². The number of aryl methyl sites for hydroxylation is 1. The molecule has 0 spiro atoms. The Morgan fingerprint density at radius 3 is 2.31 bits per heavy atom. The second kappa shape index (κ2) is 6.81. The number of sulfone groups is 1. The highest BCUT2D eigenvalue weighted by Gasteiger charge is 2.22. The van der Waals surface area contributed by atoms with Crippen LogP contribution in [0.5, 0.6) is 0 Å². The second-order valence-corrected chi connectivity index (χ2v) is 8.21. The molecule has 0 saturated carbocycles. The maximum Gasteiger partial charge on any atom is 0.206 e. The average molecular weight is 378 g/mol. The number of likely N-dealkylation sites (N-methyl/N-ethyl adjacent to an activating group) is 1. The Labute approximate surface area is 151 Å². The summed E-state index contributed by atoms with van der Waals surface area (Å²) in [5, 5.41) is 3.92. The van der Waals surface area contributed by atoms with E-state index in [0.717, 1.165) is 47.3 Å². The number of nitrogens with zero attached hydrogens (tertiary/aromatic N) is 1. The van der Waals surface area contributed by atoms with Crippen LogP contribution in [0.2, 0.25) is 0 Å². The maximum absolute atomic E-state index is 13.5. The molecule has 0 aliphatic rings. The summed E-state index contributed by atoms with van der Waals surface area (Å²) in [6.07, 6.45) is 0.748. The second-order valence-electron chi connectivity index (χ2n) is 6.26. The maximum atomic E-state index is 13.5. The van der Waals surface area contributed by atoms with Gasteiger partial charge in [0.2, 0.25) is 9.84 Å². The molecule has 0 atom stereocenters. The van der Waals surface area contributed by atoms with Crippen molar-refractivity contribution < 1.29 is 17.2 Å². The van der Waals surface area contributed by atoms with E-state index in [1.54, 1.807) is 12.1 Å². The zero-order valence-corrected chi connectivity index (χ0v) is 15.6. The first-order valence-corrected chi connectivity index (χ1v) is 9.67. The van der Waals surface area contributed by atoms with Crippen molar-refractivity contribution in [3.63, 3.8) is 0 Å². The van der Waals surface area contributed by atoms with Gasteiger partial charge in [-0.25, -0.2) is 17.2 Å². The number of fused-ring (bicyclic) bond motifs is 1. The largest absolute Gasteiger partial charge is 0.348 e. The fourth-order valence-electron chi connectivity index (χ4n) is 3.18. The van der Waals surface area contributed by atoms with Crippen LogP contribution in [-0.2, 0) is 23.3 Å². The van der Waals surface area contributed by atoms with E-state index in [1.807, 2.05) is 25.6 Å². The number of hydrogen-bond acceptors (Lipinski definition) is 3. The molecule has 0 unspecified atom stereocenters. The molecule has 26 heavy (non-hydrogen) atoms. The highest BCUT2D eigenvalue weighted by atomic mass is 32.2. The van der Waals surface area contributed by atoms with Gasteiger partial charge >= 0.3 is 0 Å². The van der Waals surface area contributed by atoms with Crippen molar-refractivity contribution in [2.45, 2.75) is 23.1 Å². The van der Waals surface area contributed by atoms with E-state index in [1.165, 1.54) is 6.07 Å². The van der Waals surface area contributed by atoms with E-state index in [4.69, 9.17) is 0 Å².